The van der Waals surface area contributed by atoms with Gasteiger partial charge in [-0.1, -0.05) is 23.2 Å². The minimum Gasteiger partial charge on any atom is -0.503 e. The lowest BCUT2D eigenvalue weighted by Crippen LogP contribution is -2.14. The number of terminal acetylenes is 1. The molecule has 1 aromatic carbocycles. The summed E-state index contributed by atoms with van der Waals surface area (Å²) < 4.78 is 9.80. The molecule has 0 atom stereocenters. The van der Waals surface area contributed by atoms with Crippen molar-refractivity contribution in [3.05, 3.63) is 41.2 Å². The number of esters is 1. The van der Waals surface area contributed by atoms with Crippen LogP contribution in [-0.4, -0.2) is 32.5 Å². The van der Waals surface area contributed by atoms with Crippen molar-refractivity contribution < 1.29 is 19.1 Å². The molecule has 1 aliphatic rings. The van der Waals surface area contributed by atoms with Crippen LogP contribution in [0.5, 0.6) is 0 Å². The van der Waals surface area contributed by atoms with E-state index in [2.05, 4.69) is 11.1 Å². The molecule has 23 heavy (non-hydrogen) atoms. The molecule has 2 rings (SSSR count). The lowest BCUT2D eigenvalue weighted by molar-refractivity contribution is -0.133. The Kier molecular flexibility index (Phi) is 5.81. The smallest absolute Gasteiger partial charge is 0.341 e. The van der Waals surface area contributed by atoms with Crippen LogP contribution in [0.2, 0.25) is 0 Å². The fourth-order valence-corrected chi connectivity index (χ4v) is 2.52. The summed E-state index contributed by atoms with van der Waals surface area (Å²) in [5.41, 5.74) is 4.04. The summed E-state index contributed by atoms with van der Waals surface area (Å²) >= 11 is 0. The molecular weight excluding hydrogens is 294 g/mol. The van der Waals surface area contributed by atoms with Gasteiger partial charge in [0.15, 0.2) is 6.61 Å². The van der Waals surface area contributed by atoms with Crippen molar-refractivity contribution in [1.82, 2.24) is 0 Å². The van der Waals surface area contributed by atoms with Crippen molar-refractivity contribution in [3.8, 4) is 12.3 Å². The highest BCUT2D eigenvalue weighted by Gasteiger charge is 2.20. The van der Waals surface area contributed by atoms with Crippen molar-refractivity contribution in [2.24, 2.45) is 5.16 Å². The summed E-state index contributed by atoms with van der Waals surface area (Å²) in [4.78, 5) is 17.0. The second-order valence-corrected chi connectivity index (χ2v) is 5.00. The largest absolute Gasteiger partial charge is 0.503 e. The summed E-state index contributed by atoms with van der Waals surface area (Å²) in [6, 6.07) is 5.78. The van der Waals surface area contributed by atoms with E-state index in [0.717, 1.165) is 30.5 Å². The Morgan fingerprint density at radius 1 is 1.39 bits per heavy atom. The molecule has 1 aliphatic carbocycles. The van der Waals surface area contributed by atoms with E-state index in [4.69, 9.17) is 20.7 Å². The van der Waals surface area contributed by atoms with E-state index < -0.39 is 5.97 Å². The Bertz CT molecular complexity index is 683. The third kappa shape index (κ3) is 3.92. The Morgan fingerprint density at radius 2 is 2.22 bits per heavy atom. The zero-order chi connectivity index (χ0) is 16.7. The highest BCUT2D eigenvalue weighted by Crippen LogP contribution is 2.26. The van der Waals surface area contributed by atoms with Gasteiger partial charge >= 0.3 is 5.97 Å². The number of ether oxygens (including phenoxy) is 2. The first-order valence-electron chi connectivity index (χ1n) is 7.28. The van der Waals surface area contributed by atoms with Gasteiger partial charge in [0.1, 0.15) is 5.57 Å². The maximum absolute atomic E-state index is 11.9. The summed E-state index contributed by atoms with van der Waals surface area (Å²) in [6.45, 7) is 0.134. The first kappa shape index (κ1) is 16.6. The number of rotatable bonds is 5. The first-order chi connectivity index (χ1) is 11.2. The molecule has 0 aromatic heterocycles. The maximum atomic E-state index is 11.9. The predicted molar refractivity (Wildman–Crippen MR) is 87.7 cm³/mol. The van der Waals surface area contributed by atoms with Crippen LogP contribution in [0.3, 0.4) is 0 Å². The minimum atomic E-state index is -0.454. The number of fused-ring (bicyclic) bond motifs is 1. The van der Waals surface area contributed by atoms with E-state index in [1.807, 2.05) is 18.2 Å². The number of carbonyl (C=O) groups is 1. The second kappa shape index (κ2) is 8.04. The zero-order valence-electron chi connectivity index (χ0n) is 13.3. The van der Waals surface area contributed by atoms with Crippen molar-refractivity contribution in [3.63, 3.8) is 0 Å². The van der Waals surface area contributed by atoms with E-state index in [0.29, 0.717) is 11.1 Å². The molecule has 0 radical (unpaired) electrons. The Labute approximate surface area is 135 Å². The summed E-state index contributed by atoms with van der Waals surface area (Å²) in [5.74, 6) is 1.93. The average Bonchev–Trinajstić information content (AvgIpc) is 2.59. The van der Waals surface area contributed by atoms with Crippen molar-refractivity contribution >= 4 is 17.3 Å². The Hall–Kier alpha value is -2.74. The monoisotopic (exact) mass is 313 g/mol. The summed E-state index contributed by atoms with van der Waals surface area (Å²) in [6.07, 6.45) is 9.32. The van der Waals surface area contributed by atoms with Gasteiger partial charge in [0.05, 0.1) is 26.2 Å². The molecule has 0 heterocycles. The topological polar surface area (TPSA) is 57.1 Å². The molecule has 0 amide bonds. The van der Waals surface area contributed by atoms with Crippen LogP contribution in [-0.2, 0) is 25.5 Å². The molecular formula is C18H19NO4. The number of nitrogens with zero attached hydrogens (tertiary/aromatic N) is 1. The van der Waals surface area contributed by atoms with E-state index in [-0.39, 0.29) is 6.61 Å². The summed E-state index contributed by atoms with van der Waals surface area (Å²) in [7, 11) is 2.83. The quantitative estimate of drug-likeness (QED) is 0.209. The lowest BCUT2D eigenvalue weighted by Gasteiger charge is -2.18. The van der Waals surface area contributed by atoms with Crippen molar-refractivity contribution in [2.75, 3.05) is 20.8 Å². The molecule has 0 saturated heterocycles. The van der Waals surface area contributed by atoms with Gasteiger partial charge in [-0.2, -0.15) is 0 Å². The number of carbonyl (C=O) groups excluding carboxylic acids is 1. The number of oxime groups is 1. The highest BCUT2D eigenvalue weighted by atomic mass is 16.6. The SMILES string of the molecule is C#CCO/N=C1\CCCc2ccc(/C(=C\OC)C(=O)OC)cc21. The Morgan fingerprint density at radius 3 is 2.91 bits per heavy atom. The molecule has 1 aromatic rings. The van der Waals surface area contributed by atoms with Crippen molar-refractivity contribution in [1.29, 1.82) is 0 Å². The first-order valence-corrected chi connectivity index (χ1v) is 7.28. The highest BCUT2D eigenvalue weighted by molar-refractivity contribution is 6.16. The molecule has 0 saturated carbocycles. The molecule has 0 N–H and O–H groups in total. The van der Waals surface area contributed by atoms with Crippen LogP contribution in [0.1, 0.15) is 29.5 Å². The van der Waals surface area contributed by atoms with Crippen LogP contribution < -0.4 is 0 Å². The third-order valence-electron chi connectivity index (χ3n) is 3.56. The maximum Gasteiger partial charge on any atom is 0.341 e. The minimum absolute atomic E-state index is 0.134. The molecule has 0 aliphatic heterocycles. The second-order valence-electron chi connectivity index (χ2n) is 5.00. The van der Waals surface area contributed by atoms with E-state index in [1.54, 1.807) is 0 Å². The molecule has 0 spiro atoms. The number of aryl methyl sites for hydroxylation is 1. The van der Waals surface area contributed by atoms with Gasteiger partial charge < -0.3 is 14.3 Å². The van der Waals surface area contributed by atoms with Gasteiger partial charge in [-0.15, -0.1) is 6.42 Å². The standard InChI is InChI=1S/C18H19NO4/c1-4-10-23-19-17-7-5-6-13-8-9-14(11-15(13)17)16(12-21-2)18(20)22-3/h1,8-9,11-12H,5-7,10H2,2-3H3/b16-12+,19-17+. The zero-order valence-corrected chi connectivity index (χ0v) is 13.3. The average molecular weight is 313 g/mol. The van der Waals surface area contributed by atoms with Crippen LogP contribution in [0.4, 0.5) is 0 Å². The van der Waals surface area contributed by atoms with E-state index >= 15 is 0 Å². The normalized spacial score (nSPS) is 15.5. The van der Waals surface area contributed by atoms with Crippen LogP contribution in [0.15, 0.2) is 29.6 Å². The van der Waals surface area contributed by atoms with Gasteiger partial charge in [0, 0.05) is 5.56 Å². The predicted octanol–water partition coefficient (Wildman–Crippen LogP) is 2.54. The van der Waals surface area contributed by atoms with Crippen molar-refractivity contribution in [2.45, 2.75) is 19.3 Å². The lowest BCUT2D eigenvalue weighted by atomic mass is 9.88. The van der Waals surface area contributed by atoms with Gasteiger partial charge in [0.2, 0.25) is 0 Å². The van der Waals surface area contributed by atoms with Gasteiger partial charge in [-0.3, -0.25) is 0 Å². The van der Waals surface area contributed by atoms with Crippen LogP contribution >= 0.6 is 0 Å². The number of hydrogen-bond acceptors (Lipinski definition) is 5. The third-order valence-corrected chi connectivity index (χ3v) is 3.56. The van der Waals surface area contributed by atoms with E-state index in [1.165, 1.54) is 26.0 Å². The molecule has 0 bridgehead atoms. The fraction of sp³-hybridized carbons (Fsp3) is 0.333. The summed E-state index contributed by atoms with van der Waals surface area (Å²) in [5, 5.41) is 4.13. The fourth-order valence-electron chi connectivity index (χ4n) is 2.52. The molecule has 120 valence electrons. The van der Waals surface area contributed by atoms with Crippen LogP contribution in [0, 0.1) is 12.3 Å². The Balaban J connectivity index is 2.41. The molecule has 0 fully saturated rings. The number of benzene rings is 1. The van der Waals surface area contributed by atoms with Crippen LogP contribution in [0.25, 0.3) is 5.57 Å². The van der Waals surface area contributed by atoms with E-state index in [9.17, 15) is 4.79 Å². The molecule has 0 unspecified atom stereocenters. The molecule has 5 nitrogen and oxygen atoms in total. The van der Waals surface area contributed by atoms with Gasteiger partial charge in [-0.05, 0) is 36.5 Å². The van der Waals surface area contributed by atoms with Gasteiger partial charge in [0.25, 0.3) is 0 Å². The number of hydrogen-bond donors (Lipinski definition) is 0. The molecule has 5 heteroatoms. The number of methoxy groups -OCH3 is 2. The van der Waals surface area contributed by atoms with Gasteiger partial charge in [-0.25, -0.2) is 4.79 Å².